The number of nitrogens with one attached hydrogen (secondary N) is 1. The van der Waals surface area contributed by atoms with Gasteiger partial charge in [0.2, 0.25) is 10.0 Å². The van der Waals surface area contributed by atoms with E-state index in [4.69, 9.17) is 14.6 Å². The molecule has 1 aromatic rings. The molecule has 1 aliphatic rings. The first-order valence-electron chi connectivity index (χ1n) is 6.59. The van der Waals surface area contributed by atoms with Crippen molar-refractivity contribution in [2.75, 3.05) is 19.8 Å². The maximum atomic E-state index is 12.2. The summed E-state index contributed by atoms with van der Waals surface area (Å²) in [5, 5.41) is 9.09. The van der Waals surface area contributed by atoms with Crippen LogP contribution in [0.15, 0.2) is 23.1 Å². The van der Waals surface area contributed by atoms with E-state index >= 15 is 0 Å². The van der Waals surface area contributed by atoms with Crippen LogP contribution in [0, 0.1) is 0 Å². The quantitative estimate of drug-likeness (QED) is 0.844. The second-order valence-electron chi connectivity index (χ2n) is 4.57. The second-order valence-corrected chi connectivity index (χ2v) is 6.28. The lowest BCUT2D eigenvalue weighted by molar-refractivity contribution is 0.254. The molecule has 1 atom stereocenters. The molecule has 20 heavy (non-hydrogen) atoms. The Kier molecular flexibility index (Phi) is 4.85. The van der Waals surface area contributed by atoms with Crippen LogP contribution in [0.1, 0.15) is 19.8 Å². The molecule has 112 valence electrons. The topological polar surface area (TPSA) is 84.9 Å². The van der Waals surface area contributed by atoms with Gasteiger partial charge in [0, 0.05) is 18.5 Å². The molecule has 2 rings (SSSR count). The Morgan fingerprint density at radius 3 is 2.65 bits per heavy atom. The van der Waals surface area contributed by atoms with Gasteiger partial charge in [-0.3, -0.25) is 0 Å². The number of sulfonamides is 1. The van der Waals surface area contributed by atoms with E-state index in [1.807, 2.05) is 0 Å². The molecule has 0 saturated carbocycles. The number of aliphatic hydroxyl groups excluding tert-OH is 1. The minimum absolute atomic E-state index is 0.105. The average molecular weight is 301 g/mol. The molecule has 0 radical (unpaired) electrons. The lowest BCUT2D eigenvalue weighted by Crippen LogP contribution is -2.36. The third-order valence-electron chi connectivity index (χ3n) is 3.06. The summed E-state index contributed by atoms with van der Waals surface area (Å²) < 4.78 is 37.8. The third-order valence-corrected chi connectivity index (χ3v) is 4.58. The number of hydrogen-bond donors (Lipinski definition) is 2. The van der Waals surface area contributed by atoms with Crippen molar-refractivity contribution in [1.82, 2.24) is 4.72 Å². The van der Waals surface area contributed by atoms with Gasteiger partial charge in [0.1, 0.15) is 0 Å². The van der Waals surface area contributed by atoms with Crippen LogP contribution < -0.4 is 14.2 Å². The normalized spacial score (nSPS) is 16.5. The smallest absolute Gasteiger partial charge is 0.241 e. The molecule has 0 unspecified atom stereocenters. The van der Waals surface area contributed by atoms with Gasteiger partial charge < -0.3 is 14.6 Å². The summed E-state index contributed by atoms with van der Waals surface area (Å²) in [7, 11) is -3.67. The van der Waals surface area contributed by atoms with Gasteiger partial charge in [-0.05, 0) is 18.6 Å². The van der Waals surface area contributed by atoms with Gasteiger partial charge in [-0.2, -0.15) is 0 Å². The molecule has 1 aromatic carbocycles. The Balaban J connectivity index is 2.26. The molecule has 0 aliphatic carbocycles. The number of aliphatic hydroxyl groups is 1. The number of rotatable bonds is 5. The summed E-state index contributed by atoms with van der Waals surface area (Å²) in [6.45, 7) is 2.62. The van der Waals surface area contributed by atoms with E-state index in [1.54, 1.807) is 13.0 Å². The molecule has 6 nitrogen and oxygen atoms in total. The molecule has 0 aromatic heterocycles. The van der Waals surface area contributed by atoms with E-state index in [2.05, 4.69) is 4.72 Å². The summed E-state index contributed by atoms with van der Waals surface area (Å²) in [6.07, 6.45) is 1.28. The molecule has 0 spiro atoms. The standard InChI is InChI=1S/C13H19NO5S/c1-2-10(9-15)14-20(16,17)11-4-5-12-13(8-11)19-7-3-6-18-12/h4-5,8,10,14-15H,2-3,6-7,9H2,1H3/t10-/m1/s1. The van der Waals surface area contributed by atoms with Crippen molar-refractivity contribution >= 4 is 10.0 Å². The van der Waals surface area contributed by atoms with Gasteiger partial charge in [-0.15, -0.1) is 0 Å². The highest BCUT2D eigenvalue weighted by molar-refractivity contribution is 7.89. The van der Waals surface area contributed by atoms with Gasteiger partial charge in [-0.25, -0.2) is 13.1 Å². The second kappa shape index (κ2) is 6.43. The zero-order chi connectivity index (χ0) is 14.6. The summed E-state index contributed by atoms with van der Waals surface area (Å²) in [5.41, 5.74) is 0. The number of hydrogen-bond acceptors (Lipinski definition) is 5. The molecule has 2 N–H and O–H groups in total. The molecule has 0 bridgehead atoms. The van der Waals surface area contributed by atoms with Gasteiger partial charge in [-0.1, -0.05) is 6.92 Å². The van der Waals surface area contributed by atoms with E-state index < -0.39 is 16.1 Å². The van der Waals surface area contributed by atoms with Crippen LogP contribution in [-0.2, 0) is 10.0 Å². The number of fused-ring (bicyclic) bond motifs is 1. The van der Waals surface area contributed by atoms with Crippen molar-refractivity contribution in [3.8, 4) is 11.5 Å². The molecule has 0 amide bonds. The fourth-order valence-electron chi connectivity index (χ4n) is 1.85. The van der Waals surface area contributed by atoms with E-state index in [0.717, 1.165) is 6.42 Å². The van der Waals surface area contributed by atoms with Crippen molar-refractivity contribution in [2.45, 2.75) is 30.7 Å². The van der Waals surface area contributed by atoms with Gasteiger partial charge in [0.25, 0.3) is 0 Å². The first-order chi connectivity index (χ1) is 9.56. The van der Waals surface area contributed by atoms with E-state index in [1.165, 1.54) is 12.1 Å². The Morgan fingerprint density at radius 2 is 2.00 bits per heavy atom. The minimum Gasteiger partial charge on any atom is -0.490 e. The van der Waals surface area contributed by atoms with Crippen LogP contribution in [0.2, 0.25) is 0 Å². The number of benzene rings is 1. The molecule has 0 fully saturated rings. The predicted molar refractivity (Wildman–Crippen MR) is 73.5 cm³/mol. The van der Waals surface area contributed by atoms with E-state index in [0.29, 0.717) is 31.1 Å². The van der Waals surface area contributed by atoms with Crippen molar-refractivity contribution in [1.29, 1.82) is 0 Å². The minimum atomic E-state index is -3.67. The predicted octanol–water partition coefficient (Wildman–Crippen LogP) is 0.897. The highest BCUT2D eigenvalue weighted by atomic mass is 32.2. The largest absolute Gasteiger partial charge is 0.490 e. The Bertz CT molecular complexity index is 554. The first kappa shape index (κ1) is 15.1. The van der Waals surface area contributed by atoms with Crippen LogP contribution >= 0.6 is 0 Å². The maximum Gasteiger partial charge on any atom is 0.241 e. The van der Waals surface area contributed by atoms with E-state index in [9.17, 15) is 8.42 Å². The van der Waals surface area contributed by atoms with E-state index in [-0.39, 0.29) is 11.5 Å². The van der Waals surface area contributed by atoms with Crippen molar-refractivity contribution in [3.63, 3.8) is 0 Å². The molecule has 1 aliphatic heterocycles. The van der Waals surface area contributed by atoms with Crippen molar-refractivity contribution < 1.29 is 23.0 Å². The van der Waals surface area contributed by atoms with Crippen LogP contribution in [-0.4, -0.2) is 39.4 Å². The molecule has 0 saturated heterocycles. The van der Waals surface area contributed by atoms with Crippen LogP contribution in [0.3, 0.4) is 0 Å². The Labute approximate surface area is 118 Å². The number of ether oxygens (including phenoxy) is 2. The highest BCUT2D eigenvalue weighted by Gasteiger charge is 2.21. The first-order valence-corrected chi connectivity index (χ1v) is 8.08. The van der Waals surface area contributed by atoms with Crippen LogP contribution in [0.25, 0.3) is 0 Å². The SMILES string of the molecule is CC[C@H](CO)NS(=O)(=O)c1ccc2c(c1)OCCCO2. The lowest BCUT2D eigenvalue weighted by atomic mass is 10.3. The molecular weight excluding hydrogens is 282 g/mol. The summed E-state index contributed by atoms with van der Waals surface area (Å²) in [4.78, 5) is 0.105. The van der Waals surface area contributed by atoms with Crippen LogP contribution in [0.4, 0.5) is 0 Å². The fourth-order valence-corrected chi connectivity index (χ4v) is 3.17. The highest BCUT2D eigenvalue weighted by Crippen LogP contribution is 2.31. The van der Waals surface area contributed by atoms with Crippen molar-refractivity contribution in [3.05, 3.63) is 18.2 Å². The third kappa shape index (κ3) is 3.41. The Morgan fingerprint density at radius 1 is 1.30 bits per heavy atom. The van der Waals surface area contributed by atoms with Gasteiger partial charge in [0.15, 0.2) is 11.5 Å². The van der Waals surface area contributed by atoms with Crippen molar-refractivity contribution in [2.24, 2.45) is 0 Å². The summed E-state index contributed by atoms with van der Waals surface area (Å²) in [5.74, 6) is 0.984. The summed E-state index contributed by atoms with van der Waals surface area (Å²) in [6, 6.07) is 4.03. The van der Waals surface area contributed by atoms with Crippen LogP contribution in [0.5, 0.6) is 11.5 Å². The molecule has 7 heteroatoms. The fraction of sp³-hybridized carbons (Fsp3) is 0.538. The maximum absolute atomic E-state index is 12.2. The molecule has 1 heterocycles. The lowest BCUT2D eigenvalue weighted by Gasteiger charge is -2.15. The van der Waals surface area contributed by atoms with Gasteiger partial charge >= 0.3 is 0 Å². The zero-order valence-electron chi connectivity index (χ0n) is 11.3. The zero-order valence-corrected chi connectivity index (χ0v) is 12.1. The average Bonchev–Trinajstić information content (AvgIpc) is 2.69. The Hall–Kier alpha value is -1.31. The van der Waals surface area contributed by atoms with Gasteiger partial charge in [0.05, 0.1) is 24.7 Å². The monoisotopic (exact) mass is 301 g/mol. The summed E-state index contributed by atoms with van der Waals surface area (Å²) >= 11 is 0. The molecular formula is C13H19NO5S.